The first-order valence-electron chi connectivity index (χ1n) is 5.64. The van der Waals surface area contributed by atoms with Gasteiger partial charge in [-0.15, -0.1) is 0 Å². The molecule has 0 amide bonds. The second-order valence-corrected chi connectivity index (χ2v) is 4.11. The Bertz CT molecular complexity index is 267. The van der Waals surface area contributed by atoms with Crippen LogP contribution in [0.15, 0.2) is 12.4 Å². The largest absolute Gasteiger partial charge is 0.381 e. The summed E-state index contributed by atoms with van der Waals surface area (Å²) in [6.07, 6.45) is 7.19. The maximum absolute atomic E-state index is 5.36. The van der Waals surface area contributed by atoms with Crippen molar-refractivity contribution in [2.75, 3.05) is 20.3 Å². The average Bonchev–Trinajstić information content (AvgIpc) is 2.81. The monoisotopic (exact) mass is 209 g/mol. The van der Waals surface area contributed by atoms with E-state index in [1.54, 1.807) is 0 Å². The first-order chi connectivity index (χ1) is 7.40. The van der Waals surface area contributed by atoms with Crippen molar-refractivity contribution in [3.05, 3.63) is 18.2 Å². The highest BCUT2D eigenvalue weighted by Gasteiger charge is 2.20. The van der Waals surface area contributed by atoms with Gasteiger partial charge in [0, 0.05) is 25.6 Å². The highest BCUT2D eigenvalue weighted by atomic mass is 16.5. The first-order valence-corrected chi connectivity index (χ1v) is 5.64. The van der Waals surface area contributed by atoms with Crippen LogP contribution in [0.3, 0.4) is 0 Å². The zero-order chi connectivity index (χ0) is 10.5. The van der Waals surface area contributed by atoms with E-state index in [1.807, 2.05) is 19.4 Å². The SMILES string of the molecule is CNC(CC1CCOCC1)c1ncc[nH]1. The van der Waals surface area contributed by atoms with Gasteiger partial charge in [-0.25, -0.2) is 4.98 Å². The smallest absolute Gasteiger partial charge is 0.123 e. The highest BCUT2D eigenvalue weighted by Crippen LogP contribution is 2.25. The Morgan fingerprint density at radius 3 is 3.00 bits per heavy atom. The van der Waals surface area contributed by atoms with E-state index in [0.717, 1.165) is 31.4 Å². The molecule has 1 saturated heterocycles. The number of aromatic nitrogens is 2. The van der Waals surface area contributed by atoms with Crippen LogP contribution in [0.2, 0.25) is 0 Å². The quantitative estimate of drug-likeness (QED) is 0.790. The lowest BCUT2D eigenvalue weighted by atomic mass is 9.92. The summed E-state index contributed by atoms with van der Waals surface area (Å²) in [5.41, 5.74) is 0. The van der Waals surface area contributed by atoms with E-state index in [4.69, 9.17) is 4.74 Å². The molecule has 4 heteroatoms. The molecule has 84 valence electrons. The molecule has 1 aromatic heterocycles. The van der Waals surface area contributed by atoms with Gasteiger partial charge in [0.25, 0.3) is 0 Å². The second-order valence-electron chi connectivity index (χ2n) is 4.11. The molecule has 0 spiro atoms. The number of hydrogen-bond donors (Lipinski definition) is 2. The summed E-state index contributed by atoms with van der Waals surface area (Å²) in [5, 5.41) is 3.32. The topological polar surface area (TPSA) is 49.9 Å². The maximum Gasteiger partial charge on any atom is 0.123 e. The molecule has 1 fully saturated rings. The fourth-order valence-electron chi connectivity index (χ4n) is 2.15. The Hall–Kier alpha value is -0.870. The molecule has 15 heavy (non-hydrogen) atoms. The number of rotatable bonds is 4. The van der Waals surface area contributed by atoms with Crippen molar-refractivity contribution in [2.24, 2.45) is 5.92 Å². The van der Waals surface area contributed by atoms with Gasteiger partial charge in [-0.2, -0.15) is 0 Å². The van der Waals surface area contributed by atoms with Crippen LogP contribution in [0, 0.1) is 5.92 Å². The molecule has 0 aliphatic carbocycles. The molecule has 0 bridgehead atoms. The van der Waals surface area contributed by atoms with E-state index in [1.165, 1.54) is 12.8 Å². The normalized spacial score (nSPS) is 20.3. The van der Waals surface area contributed by atoms with Crippen LogP contribution in [0.25, 0.3) is 0 Å². The number of nitrogens with zero attached hydrogens (tertiary/aromatic N) is 1. The van der Waals surface area contributed by atoms with Gasteiger partial charge in [-0.1, -0.05) is 0 Å². The molecule has 0 radical (unpaired) electrons. The zero-order valence-electron chi connectivity index (χ0n) is 9.20. The highest BCUT2D eigenvalue weighted by molar-refractivity contribution is 4.95. The lowest BCUT2D eigenvalue weighted by Gasteiger charge is -2.25. The number of nitrogens with one attached hydrogen (secondary N) is 2. The maximum atomic E-state index is 5.36. The van der Waals surface area contributed by atoms with E-state index in [0.29, 0.717) is 6.04 Å². The Morgan fingerprint density at radius 1 is 1.60 bits per heavy atom. The molecule has 4 nitrogen and oxygen atoms in total. The van der Waals surface area contributed by atoms with Gasteiger partial charge in [0.2, 0.25) is 0 Å². The molecule has 2 heterocycles. The Balaban J connectivity index is 1.90. The minimum atomic E-state index is 0.350. The van der Waals surface area contributed by atoms with Crippen LogP contribution >= 0.6 is 0 Å². The predicted molar refractivity (Wildman–Crippen MR) is 58.5 cm³/mol. The summed E-state index contributed by atoms with van der Waals surface area (Å²) < 4.78 is 5.36. The summed E-state index contributed by atoms with van der Waals surface area (Å²) in [6.45, 7) is 1.83. The molecule has 1 aliphatic heterocycles. The van der Waals surface area contributed by atoms with Gasteiger partial charge in [-0.05, 0) is 32.2 Å². The molecular formula is C11H19N3O. The number of imidazole rings is 1. The summed E-state index contributed by atoms with van der Waals surface area (Å²) in [4.78, 5) is 7.48. The van der Waals surface area contributed by atoms with Crippen LogP contribution in [-0.4, -0.2) is 30.2 Å². The summed E-state index contributed by atoms with van der Waals surface area (Å²) in [5.74, 6) is 1.81. The molecule has 1 unspecified atom stereocenters. The molecule has 1 atom stereocenters. The zero-order valence-corrected chi connectivity index (χ0v) is 9.20. The Kier molecular flexibility index (Phi) is 3.75. The molecule has 2 N–H and O–H groups in total. The Morgan fingerprint density at radius 2 is 2.40 bits per heavy atom. The van der Waals surface area contributed by atoms with Gasteiger partial charge < -0.3 is 15.0 Å². The van der Waals surface area contributed by atoms with Gasteiger partial charge in [0.1, 0.15) is 5.82 Å². The third kappa shape index (κ3) is 2.79. The van der Waals surface area contributed by atoms with Crippen molar-refractivity contribution >= 4 is 0 Å². The van der Waals surface area contributed by atoms with Crippen molar-refractivity contribution in [3.8, 4) is 0 Å². The van der Waals surface area contributed by atoms with Crippen LogP contribution in [0.4, 0.5) is 0 Å². The number of H-pyrrole nitrogens is 1. The van der Waals surface area contributed by atoms with Crippen molar-refractivity contribution < 1.29 is 4.74 Å². The van der Waals surface area contributed by atoms with Crippen molar-refractivity contribution in [1.29, 1.82) is 0 Å². The summed E-state index contributed by atoms with van der Waals surface area (Å²) in [6, 6.07) is 0.350. The molecular weight excluding hydrogens is 190 g/mol. The molecule has 1 aliphatic rings. The number of ether oxygens (including phenoxy) is 1. The van der Waals surface area contributed by atoms with E-state index in [-0.39, 0.29) is 0 Å². The first kappa shape index (κ1) is 10.6. The predicted octanol–water partition coefficient (Wildman–Crippen LogP) is 1.49. The lowest BCUT2D eigenvalue weighted by Crippen LogP contribution is -2.24. The minimum absolute atomic E-state index is 0.350. The molecule has 1 aromatic rings. The van der Waals surface area contributed by atoms with Gasteiger partial charge in [0.05, 0.1) is 6.04 Å². The van der Waals surface area contributed by atoms with Crippen LogP contribution in [0.1, 0.15) is 31.1 Å². The van der Waals surface area contributed by atoms with Gasteiger partial charge >= 0.3 is 0 Å². The molecule has 2 rings (SSSR count). The van der Waals surface area contributed by atoms with E-state index < -0.39 is 0 Å². The summed E-state index contributed by atoms with van der Waals surface area (Å²) >= 11 is 0. The van der Waals surface area contributed by atoms with Gasteiger partial charge in [-0.3, -0.25) is 0 Å². The van der Waals surface area contributed by atoms with Gasteiger partial charge in [0.15, 0.2) is 0 Å². The van der Waals surface area contributed by atoms with Crippen LogP contribution in [0.5, 0.6) is 0 Å². The van der Waals surface area contributed by atoms with Crippen molar-refractivity contribution in [1.82, 2.24) is 15.3 Å². The number of hydrogen-bond acceptors (Lipinski definition) is 3. The van der Waals surface area contributed by atoms with Crippen LogP contribution < -0.4 is 5.32 Å². The van der Waals surface area contributed by atoms with E-state index in [2.05, 4.69) is 15.3 Å². The second kappa shape index (κ2) is 5.28. The third-order valence-corrected chi connectivity index (χ3v) is 3.11. The number of aromatic amines is 1. The van der Waals surface area contributed by atoms with Crippen molar-refractivity contribution in [2.45, 2.75) is 25.3 Å². The average molecular weight is 209 g/mol. The van der Waals surface area contributed by atoms with Crippen LogP contribution in [-0.2, 0) is 4.74 Å². The standard InChI is InChI=1S/C11H19N3O/c1-12-10(11-13-4-5-14-11)8-9-2-6-15-7-3-9/h4-5,9-10,12H,2-3,6-8H2,1H3,(H,13,14). The lowest BCUT2D eigenvalue weighted by molar-refractivity contribution is 0.0605. The fourth-order valence-corrected chi connectivity index (χ4v) is 2.15. The van der Waals surface area contributed by atoms with E-state index >= 15 is 0 Å². The molecule has 0 saturated carbocycles. The Labute approximate surface area is 90.4 Å². The van der Waals surface area contributed by atoms with Crippen molar-refractivity contribution in [3.63, 3.8) is 0 Å². The third-order valence-electron chi connectivity index (χ3n) is 3.11. The minimum Gasteiger partial charge on any atom is -0.381 e. The molecule has 0 aromatic carbocycles. The fraction of sp³-hybridized carbons (Fsp3) is 0.727. The summed E-state index contributed by atoms with van der Waals surface area (Å²) in [7, 11) is 1.99. The van der Waals surface area contributed by atoms with E-state index in [9.17, 15) is 0 Å².